The summed E-state index contributed by atoms with van der Waals surface area (Å²) in [5, 5.41) is 35.9. The number of nitrogens with zero attached hydrogens (tertiary/aromatic N) is 4. The van der Waals surface area contributed by atoms with Gasteiger partial charge in [0.25, 0.3) is 0 Å². The molecule has 2 aromatic rings. The van der Waals surface area contributed by atoms with Crippen LogP contribution in [0, 0.1) is 0 Å². The predicted molar refractivity (Wildman–Crippen MR) is 284 cm³/mol. The molecule has 9 amide bonds. The number of benzene rings is 2. The van der Waals surface area contributed by atoms with Crippen molar-refractivity contribution in [1.29, 1.82) is 0 Å². The highest BCUT2D eigenvalue weighted by molar-refractivity contribution is 5.98. The van der Waals surface area contributed by atoms with Crippen molar-refractivity contribution in [3.8, 4) is 0 Å². The van der Waals surface area contributed by atoms with E-state index in [1.807, 2.05) is 0 Å². The van der Waals surface area contributed by atoms with Crippen molar-refractivity contribution >= 4 is 65.1 Å². The summed E-state index contributed by atoms with van der Waals surface area (Å²) in [6.45, 7) is -0.924. The van der Waals surface area contributed by atoms with Crippen LogP contribution < -0.4 is 54.8 Å². The summed E-state index contributed by atoms with van der Waals surface area (Å²) < 4.78 is 0. The second-order valence-corrected chi connectivity index (χ2v) is 19.5. The Kier molecular flexibility index (Phi) is 24.2. The molecule has 3 aliphatic rings. The van der Waals surface area contributed by atoms with E-state index in [1.54, 1.807) is 60.7 Å². The summed E-state index contributed by atoms with van der Waals surface area (Å²) >= 11 is 0. The van der Waals surface area contributed by atoms with Gasteiger partial charge in [0.15, 0.2) is 5.96 Å². The number of hydrogen-bond acceptors (Lipinski definition) is 14. The number of guanidine groups is 1. The van der Waals surface area contributed by atoms with Crippen molar-refractivity contribution in [1.82, 2.24) is 46.6 Å². The number of rotatable bonds is 29. The summed E-state index contributed by atoms with van der Waals surface area (Å²) in [6.07, 6.45) is 3.56. The van der Waals surface area contributed by atoms with E-state index < -0.39 is 121 Å². The summed E-state index contributed by atoms with van der Waals surface area (Å²) in [5.74, 6) is -7.50. The molecule has 3 heterocycles. The molecule has 16 N–H and O–H groups in total. The van der Waals surface area contributed by atoms with Crippen LogP contribution in [0.5, 0.6) is 0 Å². The molecule has 0 spiro atoms. The molecule has 3 fully saturated rings. The number of carboxylic acid groups (broad SMARTS) is 1. The van der Waals surface area contributed by atoms with Gasteiger partial charge in [0.1, 0.15) is 48.3 Å². The highest BCUT2D eigenvalue weighted by Crippen LogP contribution is 2.27. The van der Waals surface area contributed by atoms with Crippen LogP contribution in [0.3, 0.4) is 0 Å². The summed E-state index contributed by atoms with van der Waals surface area (Å²) in [4.78, 5) is 144. The SMILES string of the molecule is NCCCC[C@H](NC(=O)CN)C(=O)N[C@@H](CCCN=C(N)N)C(=O)N1CCC[C@H]1C(=O)N1CCC[C@H]1C(=O)NCC(=O)N[C@@H](Cc1ccccc1)C(=O)N[C@@H](CO)C(=O)N1CCC[C@H]1C(=O)N[C@H](Cc1ccccc1)C(=O)O. The molecule has 78 heavy (non-hydrogen) atoms. The molecule has 2 aromatic carbocycles. The molecule has 0 aromatic heterocycles. The van der Waals surface area contributed by atoms with E-state index in [0.717, 1.165) is 0 Å². The van der Waals surface area contributed by atoms with Crippen molar-refractivity contribution in [2.75, 3.05) is 52.4 Å². The fourth-order valence-corrected chi connectivity index (χ4v) is 9.90. The second-order valence-electron chi connectivity index (χ2n) is 19.5. The van der Waals surface area contributed by atoms with Gasteiger partial charge in [-0.2, -0.15) is 0 Å². The molecule has 3 aliphatic heterocycles. The van der Waals surface area contributed by atoms with Crippen molar-refractivity contribution in [3.05, 3.63) is 71.8 Å². The summed E-state index contributed by atoms with van der Waals surface area (Å²) in [5.41, 5.74) is 23.5. The first-order chi connectivity index (χ1) is 37.4. The third-order valence-electron chi connectivity index (χ3n) is 13.9. The van der Waals surface area contributed by atoms with Gasteiger partial charge >= 0.3 is 5.97 Å². The van der Waals surface area contributed by atoms with Crippen LogP contribution in [0.15, 0.2) is 65.7 Å². The Morgan fingerprint density at radius 3 is 1.67 bits per heavy atom. The highest BCUT2D eigenvalue weighted by Gasteiger charge is 2.44. The molecule has 26 heteroatoms. The van der Waals surface area contributed by atoms with Gasteiger partial charge in [0.05, 0.1) is 19.7 Å². The zero-order valence-electron chi connectivity index (χ0n) is 43.8. The molecule has 8 atom stereocenters. The first-order valence-corrected chi connectivity index (χ1v) is 26.5. The van der Waals surface area contributed by atoms with Crippen molar-refractivity contribution in [2.24, 2.45) is 27.9 Å². The predicted octanol–water partition coefficient (Wildman–Crippen LogP) is -3.80. The van der Waals surface area contributed by atoms with Crippen LogP contribution in [0.2, 0.25) is 0 Å². The maximum atomic E-state index is 14.4. The maximum Gasteiger partial charge on any atom is 0.326 e. The minimum absolute atomic E-state index is 0.00624. The zero-order chi connectivity index (χ0) is 56.7. The van der Waals surface area contributed by atoms with Gasteiger partial charge in [0, 0.05) is 39.0 Å². The molecule has 0 aliphatic carbocycles. The molecule has 426 valence electrons. The lowest BCUT2D eigenvalue weighted by atomic mass is 10.0. The van der Waals surface area contributed by atoms with Gasteiger partial charge in [-0.1, -0.05) is 60.7 Å². The maximum absolute atomic E-state index is 14.4. The Morgan fingerprint density at radius 1 is 0.577 bits per heavy atom. The lowest BCUT2D eigenvalue weighted by Gasteiger charge is -2.33. The van der Waals surface area contributed by atoms with E-state index in [4.69, 9.17) is 22.9 Å². The third kappa shape index (κ3) is 17.9. The number of unbranched alkanes of at least 4 members (excludes halogenated alkanes) is 1. The number of likely N-dealkylation sites (tertiary alicyclic amines) is 3. The van der Waals surface area contributed by atoms with Gasteiger partial charge in [-0.3, -0.25) is 48.1 Å². The monoisotopic (exact) mass is 1090 g/mol. The van der Waals surface area contributed by atoms with Crippen molar-refractivity contribution in [2.45, 2.75) is 132 Å². The second kappa shape index (κ2) is 30.9. The molecular formula is C52H76N14O12. The average Bonchev–Trinajstić information content (AvgIpc) is 4.25. The Balaban J connectivity index is 1.22. The molecule has 26 nitrogen and oxygen atoms in total. The smallest absolute Gasteiger partial charge is 0.326 e. The number of aliphatic imine (C=N–C) groups is 1. The third-order valence-corrected chi connectivity index (χ3v) is 13.9. The number of carboxylic acids is 1. The Morgan fingerprint density at radius 2 is 1.09 bits per heavy atom. The number of aliphatic hydroxyl groups is 1. The van der Waals surface area contributed by atoms with Crippen LogP contribution in [-0.4, -0.2) is 191 Å². The first-order valence-electron chi connectivity index (χ1n) is 26.5. The fraction of sp³-hybridized carbons (Fsp3) is 0.558. The van der Waals surface area contributed by atoms with E-state index in [0.29, 0.717) is 49.8 Å². The number of aliphatic carboxylic acids is 1. The molecular weight excluding hydrogens is 1010 g/mol. The van der Waals surface area contributed by atoms with Gasteiger partial charge in [-0.25, -0.2) is 4.79 Å². The lowest BCUT2D eigenvalue weighted by Crippen LogP contribution is -2.59. The Hall–Kier alpha value is -7.71. The molecule has 0 radical (unpaired) electrons. The minimum atomic E-state index is -1.56. The average molecular weight is 1090 g/mol. The standard InChI is InChI=1S/C52H76N14O12/c53-22-8-7-17-34(59-42(68)29-54)44(70)61-35(18-9-23-57-52(55)56)48(74)66-26-12-21-41(66)50(76)65-25-10-19-39(65)46(72)58-30-43(69)60-36(27-32-13-3-1-4-14-32)45(71)63-38(31-67)49(75)64-24-11-20-40(64)47(73)62-37(51(77)78)28-33-15-5-2-6-16-33/h1-6,13-16,34-41,67H,7-12,17-31,53-54H2,(H,58,72)(H,59,68)(H,60,69)(H,61,70)(H,62,73)(H,63,71)(H,77,78)(H4,55,56,57)/t34-,35-,36-,37+,38-,39-,40-,41-/m0/s1. The molecule has 3 saturated heterocycles. The normalized spacial score (nSPS) is 18.8. The highest BCUT2D eigenvalue weighted by atomic mass is 16.4. The van der Waals surface area contributed by atoms with Crippen LogP contribution in [0.1, 0.15) is 81.8 Å². The van der Waals surface area contributed by atoms with E-state index >= 15 is 0 Å². The fourth-order valence-electron chi connectivity index (χ4n) is 9.90. The number of hydrogen-bond donors (Lipinski definition) is 12. The number of aliphatic hydroxyl groups excluding tert-OH is 1. The number of amides is 9. The number of nitrogens with two attached hydrogens (primary N) is 4. The quantitative estimate of drug-likeness (QED) is 0.0211. The van der Waals surface area contributed by atoms with Gasteiger partial charge in [-0.05, 0) is 88.3 Å². The van der Waals surface area contributed by atoms with Crippen molar-refractivity contribution in [3.63, 3.8) is 0 Å². The van der Waals surface area contributed by atoms with E-state index in [-0.39, 0.29) is 90.0 Å². The summed E-state index contributed by atoms with van der Waals surface area (Å²) in [6, 6.07) is 7.86. The largest absolute Gasteiger partial charge is 0.480 e. The van der Waals surface area contributed by atoms with Crippen LogP contribution in [-0.2, 0) is 60.8 Å². The number of nitrogens with one attached hydrogen (secondary N) is 6. The van der Waals surface area contributed by atoms with Crippen LogP contribution in [0.25, 0.3) is 0 Å². The van der Waals surface area contributed by atoms with E-state index in [1.165, 1.54) is 14.7 Å². The molecule has 0 bridgehead atoms. The zero-order valence-corrected chi connectivity index (χ0v) is 43.8. The summed E-state index contributed by atoms with van der Waals surface area (Å²) in [7, 11) is 0. The first kappa shape index (κ1) is 61.1. The topological polar surface area (TPSA) is 409 Å². The van der Waals surface area contributed by atoms with Gasteiger partial charge in [0.2, 0.25) is 53.2 Å². The Labute approximate surface area is 452 Å². The molecule has 5 rings (SSSR count). The molecule has 0 saturated carbocycles. The minimum Gasteiger partial charge on any atom is -0.480 e. The van der Waals surface area contributed by atoms with Crippen LogP contribution in [0.4, 0.5) is 0 Å². The number of carbonyl (C=O) groups excluding carboxylic acids is 9. The van der Waals surface area contributed by atoms with Crippen molar-refractivity contribution < 1.29 is 58.2 Å². The lowest BCUT2D eigenvalue weighted by molar-refractivity contribution is -0.148. The Bertz CT molecular complexity index is 2430. The van der Waals surface area contributed by atoms with E-state index in [9.17, 15) is 58.2 Å². The number of carbonyl (C=O) groups is 10. The molecule has 0 unspecified atom stereocenters. The van der Waals surface area contributed by atoms with Gasteiger partial charge < -0.3 is 79.7 Å². The van der Waals surface area contributed by atoms with Gasteiger partial charge in [-0.15, -0.1) is 0 Å². The van der Waals surface area contributed by atoms with E-state index in [2.05, 4.69) is 36.9 Å². The van der Waals surface area contributed by atoms with Crippen LogP contribution >= 0.6 is 0 Å².